The number of benzene rings is 1. The normalized spacial score (nSPS) is 16.4. The van der Waals surface area contributed by atoms with E-state index in [0.717, 1.165) is 25.0 Å². The predicted octanol–water partition coefficient (Wildman–Crippen LogP) is 1.99. The van der Waals surface area contributed by atoms with Crippen molar-refractivity contribution in [1.29, 1.82) is 5.26 Å². The van der Waals surface area contributed by atoms with Crippen LogP contribution < -0.4 is 11.1 Å². The molecule has 1 aromatic rings. The number of anilines is 1. The monoisotopic (exact) mass is 237 g/mol. The predicted molar refractivity (Wildman–Crippen MR) is 60.3 cm³/mol. The standard InChI is InChI=1S/C12H13F2N3/c13-9-3-7(5-15)4-10(14)12(9)17-6-11(16)8-1-2-8/h3-4,8,11,17H,1-2,6,16H2. The fourth-order valence-corrected chi connectivity index (χ4v) is 1.72. The van der Waals surface area contributed by atoms with Crippen LogP contribution in [0.1, 0.15) is 18.4 Å². The van der Waals surface area contributed by atoms with Crippen molar-refractivity contribution in [2.24, 2.45) is 11.7 Å². The molecule has 17 heavy (non-hydrogen) atoms. The van der Waals surface area contributed by atoms with Crippen LogP contribution in [0.25, 0.3) is 0 Å². The van der Waals surface area contributed by atoms with E-state index < -0.39 is 11.6 Å². The van der Waals surface area contributed by atoms with E-state index in [4.69, 9.17) is 11.0 Å². The minimum atomic E-state index is -0.760. The highest BCUT2D eigenvalue weighted by Gasteiger charge is 2.28. The lowest BCUT2D eigenvalue weighted by Gasteiger charge is -2.13. The molecule has 1 atom stereocenters. The lowest BCUT2D eigenvalue weighted by Crippen LogP contribution is -2.31. The Morgan fingerprint density at radius 1 is 1.41 bits per heavy atom. The van der Waals surface area contributed by atoms with E-state index >= 15 is 0 Å². The second-order valence-corrected chi connectivity index (χ2v) is 4.31. The van der Waals surface area contributed by atoms with Gasteiger partial charge < -0.3 is 11.1 Å². The van der Waals surface area contributed by atoms with E-state index in [1.807, 2.05) is 0 Å². The number of hydrogen-bond acceptors (Lipinski definition) is 3. The van der Waals surface area contributed by atoms with Gasteiger partial charge in [-0.05, 0) is 30.9 Å². The topological polar surface area (TPSA) is 61.8 Å². The SMILES string of the molecule is N#Cc1cc(F)c(NCC(N)C2CC2)c(F)c1. The first kappa shape index (κ1) is 11.8. The molecule has 0 aliphatic heterocycles. The zero-order valence-electron chi connectivity index (χ0n) is 9.21. The summed E-state index contributed by atoms with van der Waals surface area (Å²) >= 11 is 0. The molecule has 1 unspecified atom stereocenters. The van der Waals surface area contributed by atoms with Crippen LogP contribution in [-0.4, -0.2) is 12.6 Å². The van der Waals surface area contributed by atoms with Gasteiger partial charge in [-0.15, -0.1) is 0 Å². The molecule has 5 heteroatoms. The fourth-order valence-electron chi connectivity index (χ4n) is 1.72. The van der Waals surface area contributed by atoms with Gasteiger partial charge in [0.25, 0.3) is 0 Å². The summed E-state index contributed by atoms with van der Waals surface area (Å²) < 4.78 is 26.9. The van der Waals surface area contributed by atoms with Crippen LogP contribution in [0.5, 0.6) is 0 Å². The molecule has 1 fully saturated rings. The van der Waals surface area contributed by atoms with Gasteiger partial charge in [0.05, 0.1) is 11.6 Å². The van der Waals surface area contributed by atoms with E-state index in [1.54, 1.807) is 6.07 Å². The molecule has 0 aromatic heterocycles. The molecule has 1 aromatic carbocycles. The van der Waals surface area contributed by atoms with Crippen LogP contribution >= 0.6 is 0 Å². The summed E-state index contributed by atoms with van der Waals surface area (Å²) in [6.07, 6.45) is 2.17. The average Bonchev–Trinajstić information content (AvgIpc) is 3.11. The van der Waals surface area contributed by atoms with Gasteiger partial charge in [0.2, 0.25) is 0 Å². The molecular formula is C12H13F2N3. The first-order valence-corrected chi connectivity index (χ1v) is 5.50. The summed E-state index contributed by atoms with van der Waals surface area (Å²) in [4.78, 5) is 0. The minimum Gasteiger partial charge on any atom is -0.379 e. The third-order valence-corrected chi connectivity index (χ3v) is 2.91. The van der Waals surface area contributed by atoms with E-state index in [-0.39, 0.29) is 17.3 Å². The summed E-state index contributed by atoms with van der Waals surface area (Å²) in [5.41, 5.74) is 5.58. The van der Waals surface area contributed by atoms with Crippen molar-refractivity contribution in [1.82, 2.24) is 0 Å². The Balaban J connectivity index is 2.07. The summed E-state index contributed by atoms with van der Waals surface area (Å²) in [5.74, 6) is -1.05. The Kier molecular flexibility index (Phi) is 3.25. The van der Waals surface area contributed by atoms with Gasteiger partial charge >= 0.3 is 0 Å². The molecule has 0 saturated heterocycles. The molecule has 3 N–H and O–H groups in total. The molecule has 3 nitrogen and oxygen atoms in total. The Labute approximate surface area is 98.2 Å². The highest BCUT2D eigenvalue weighted by Crippen LogP contribution is 2.31. The number of nitrogens with zero attached hydrogens (tertiary/aromatic N) is 1. The zero-order valence-corrected chi connectivity index (χ0v) is 9.21. The average molecular weight is 237 g/mol. The van der Waals surface area contributed by atoms with Gasteiger partial charge in [0.15, 0.2) is 11.6 Å². The van der Waals surface area contributed by atoms with Crippen molar-refractivity contribution >= 4 is 5.69 Å². The second-order valence-electron chi connectivity index (χ2n) is 4.31. The van der Waals surface area contributed by atoms with E-state index in [2.05, 4.69) is 5.32 Å². The molecule has 2 rings (SSSR count). The third kappa shape index (κ3) is 2.71. The lowest BCUT2D eigenvalue weighted by atomic mass is 10.1. The van der Waals surface area contributed by atoms with Gasteiger partial charge in [-0.2, -0.15) is 5.26 Å². The smallest absolute Gasteiger partial charge is 0.150 e. The first-order valence-electron chi connectivity index (χ1n) is 5.50. The summed E-state index contributed by atoms with van der Waals surface area (Å²) in [6, 6.07) is 3.63. The molecule has 1 aliphatic carbocycles. The third-order valence-electron chi connectivity index (χ3n) is 2.91. The molecule has 90 valence electrons. The number of rotatable bonds is 4. The maximum atomic E-state index is 13.5. The number of hydrogen-bond donors (Lipinski definition) is 2. The highest BCUT2D eigenvalue weighted by molar-refractivity contribution is 5.50. The maximum absolute atomic E-state index is 13.5. The maximum Gasteiger partial charge on any atom is 0.150 e. The van der Waals surface area contributed by atoms with E-state index in [0.29, 0.717) is 12.5 Å². The van der Waals surface area contributed by atoms with Crippen molar-refractivity contribution in [3.8, 4) is 6.07 Å². The van der Waals surface area contributed by atoms with Crippen molar-refractivity contribution in [2.75, 3.05) is 11.9 Å². The van der Waals surface area contributed by atoms with Crippen LogP contribution in [0, 0.1) is 28.9 Å². The second kappa shape index (κ2) is 4.68. The summed E-state index contributed by atoms with van der Waals surface area (Å²) in [6.45, 7) is 0.338. The molecule has 1 aliphatic rings. The van der Waals surface area contributed by atoms with Gasteiger partial charge in [0, 0.05) is 12.6 Å². The van der Waals surface area contributed by atoms with Gasteiger partial charge in [-0.3, -0.25) is 0 Å². The molecule has 1 saturated carbocycles. The Morgan fingerprint density at radius 3 is 2.47 bits per heavy atom. The Bertz CT molecular complexity index is 440. The van der Waals surface area contributed by atoms with Crippen LogP contribution in [0.2, 0.25) is 0 Å². The summed E-state index contributed by atoms with van der Waals surface area (Å²) in [5, 5.41) is 11.2. The van der Waals surface area contributed by atoms with E-state index in [9.17, 15) is 8.78 Å². The van der Waals surface area contributed by atoms with Gasteiger partial charge in [-0.25, -0.2) is 8.78 Å². The Hall–Kier alpha value is -1.67. The number of nitriles is 1. The van der Waals surface area contributed by atoms with Crippen LogP contribution in [0.3, 0.4) is 0 Å². The quantitative estimate of drug-likeness (QED) is 0.841. The van der Waals surface area contributed by atoms with Crippen molar-refractivity contribution < 1.29 is 8.78 Å². The molecule has 0 bridgehead atoms. The van der Waals surface area contributed by atoms with Crippen molar-refractivity contribution in [2.45, 2.75) is 18.9 Å². The molecule has 0 spiro atoms. The highest BCUT2D eigenvalue weighted by atomic mass is 19.1. The van der Waals surface area contributed by atoms with Gasteiger partial charge in [0.1, 0.15) is 5.69 Å². The van der Waals surface area contributed by atoms with Crippen molar-refractivity contribution in [3.63, 3.8) is 0 Å². The van der Waals surface area contributed by atoms with Crippen molar-refractivity contribution in [3.05, 3.63) is 29.3 Å². The van der Waals surface area contributed by atoms with E-state index in [1.165, 1.54) is 0 Å². The molecule has 0 amide bonds. The molecule has 0 radical (unpaired) electrons. The Morgan fingerprint density at radius 2 is 2.00 bits per heavy atom. The molecular weight excluding hydrogens is 224 g/mol. The minimum absolute atomic E-state index is 0.0305. The zero-order chi connectivity index (χ0) is 12.4. The van der Waals surface area contributed by atoms with Crippen LogP contribution in [-0.2, 0) is 0 Å². The van der Waals surface area contributed by atoms with Gasteiger partial charge in [-0.1, -0.05) is 0 Å². The number of nitrogens with one attached hydrogen (secondary N) is 1. The summed E-state index contributed by atoms with van der Waals surface area (Å²) in [7, 11) is 0. The van der Waals surface area contributed by atoms with Crippen LogP contribution in [0.4, 0.5) is 14.5 Å². The molecule has 0 heterocycles. The fraction of sp³-hybridized carbons (Fsp3) is 0.417. The number of nitrogens with two attached hydrogens (primary N) is 1. The lowest BCUT2D eigenvalue weighted by molar-refractivity contribution is 0.576. The number of halogens is 2. The first-order chi connectivity index (χ1) is 8.11. The van der Waals surface area contributed by atoms with Crippen LogP contribution in [0.15, 0.2) is 12.1 Å². The largest absolute Gasteiger partial charge is 0.379 e.